The van der Waals surface area contributed by atoms with Gasteiger partial charge in [0, 0.05) is 39.8 Å². The molecule has 0 saturated carbocycles. The van der Waals surface area contributed by atoms with Gasteiger partial charge in [0.1, 0.15) is 0 Å². The van der Waals surface area contributed by atoms with Crippen molar-refractivity contribution in [2.24, 2.45) is 11.7 Å². The fraction of sp³-hybridized carbons (Fsp3) is 0.917. The van der Waals surface area contributed by atoms with Gasteiger partial charge in [0.15, 0.2) is 0 Å². The predicted octanol–water partition coefficient (Wildman–Crippen LogP) is 0.745. The molecular weight excluding hydrogens is 218 g/mol. The summed E-state index contributed by atoms with van der Waals surface area (Å²) in [4.78, 5) is 16.0. The molecule has 1 rings (SSSR count). The van der Waals surface area contributed by atoms with Gasteiger partial charge in [-0.15, -0.1) is 0 Å². The third kappa shape index (κ3) is 4.52. The highest BCUT2D eigenvalue weighted by molar-refractivity contribution is 5.74. The van der Waals surface area contributed by atoms with Gasteiger partial charge >= 0.3 is 6.03 Å². The van der Waals surface area contributed by atoms with Crippen LogP contribution in [0.5, 0.6) is 0 Å². The van der Waals surface area contributed by atoms with Crippen molar-refractivity contribution in [3.05, 3.63) is 0 Å². The zero-order valence-corrected chi connectivity index (χ0v) is 11.0. The van der Waals surface area contributed by atoms with Crippen molar-refractivity contribution in [3.8, 4) is 0 Å². The smallest absolute Gasteiger partial charge is 0.320 e. The third-order valence-electron chi connectivity index (χ3n) is 3.29. The number of hydrogen-bond donors (Lipinski definition) is 1. The number of methoxy groups -OCH3 is 1. The van der Waals surface area contributed by atoms with Crippen molar-refractivity contribution in [1.82, 2.24) is 9.80 Å². The van der Waals surface area contributed by atoms with Crippen LogP contribution in [0.3, 0.4) is 0 Å². The Bertz CT molecular complexity index is 228. The molecule has 17 heavy (non-hydrogen) atoms. The first-order valence-corrected chi connectivity index (χ1v) is 6.42. The van der Waals surface area contributed by atoms with Gasteiger partial charge in [-0.1, -0.05) is 6.92 Å². The minimum Gasteiger partial charge on any atom is -0.383 e. The number of likely N-dealkylation sites (tertiary alicyclic amines) is 1. The first kappa shape index (κ1) is 14.3. The van der Waals surface area contributed by atoms with Crippen LogP contribution in [0, 0.1) is 5.92 Å². The van der Waals surface area contributed by atoms with Crippen molar-refractivity contribution in [2.75, 3.05) is 46.4 Å². The average molecular weight is 243 g/mol. The summed E-state index contributed by atoms with van der Waals surface area (Å²) in [6.45, 7) is 6.27. The monoisotopic (exact) mass is 243 g/mol. The Kier molecular flexibility index (Phi) is 6.29. The van der Waals surface area contributed by atoms with Crippen LogP contribution >= 0.6 is 0 Å². The van der Waals surface area contributed by atoms with E-state index in [2.05, 4.69) is 6.92 Å². The molecular formula is C12H25N3O2. The lowest BCUT2D eigenvalue weighted by Crippen LogP contribution is -2.48. The molecule has 1 aliphatic rings. The normalized spacial score (nSPS) is 17.2. The number of hydrogen-bond acceptors (Lipinski definition) is 3. The fourth-order valence-corrected chi connectivity index (χ4v) is 2.06. The summed E-state index contributed by atoms with van der Waals surface area (Å²) < 4.78 is 5.02. The molecule has 0 spiro atoms. The van der Waals surface area contributed by atoms with E-state index in [1.165, 1.54) is 0 Å². The van der Waals surface area contributed by atoms with Crippen LogP contribution in [0.25, 0.3) is 0 Å². The van der Waals surface area contributed by atoms with E-state index in [1.54, 1.807) is 12.0 Å². The second-order valence-electron chi connectivity index (χ2n) is 4.72. The van der Waals surface area contributed by atoms with Gasteiger partial charge in [-0.3, -0.25) is 0 Å². The molecule has 2 N–H and O–H groups in total. The third-order valence-corrected chi connectivity index (χ3v) is 3.29. The number of nitrogens with two attached hydrogens (primary N) is 1. The molecule has 1 heterocycles. The summed E-state index contributed by atoms with van der Waals surface area (Å²) in [5.74, 6) is 0.737. The second kappa shape index (κ2) is 7.50. The van der Waals surface area contributed by atoms with Gasteiger partial charge in [0.2, 0.25) is 0 Å². The molecule has 100 valence electrons. The van der Waals surface area contributed by atoms with Crippen molar-refractivity contribution >= 4 is 6.03 Å². The zero-order valence-electron chi connectivity index (χ0n) is 11.0. The summed E-state index contributed by atoms with van der Waals surface area (Å²) in [5, 5.41) is 0. The highest BCUT2D eigenvalue weighted by Gasteiger charge is 2.24. The number of ether oxygens (including phenoxy) is 1. The molecule has 0 radical (unpaired) electrons. The van der Waals surface area contributed by atoms with Gasteiger partial charge in [-0.25, -0.2) is 4.79 Å². The Balaban J connectivity index is 2.45. The molecule has 0 bridgehead atoms. The van der Waals surface area contributed by atoms with E-state index in [-0.39, 0.29) is 6.03 Å². The fourth-order valence-electron chi connectivity index (χ4n) is 2.06. The molecule has 0 aliphatic carbocycles. The summed E-state index contributed by atoms with van der Waals surface area (Å²) in [6.07, 6.45) is 2.21. The molecule has 1 aliphatic heterocycles. The Morgan fingerprint density at radius 3 is 2.59 bits per heavy atom. The van der Waals surface area contributed by atoms with E-state index in [0.717, 1.165) is 31.8 Å². The van der Waals surface area contributed by atoms with Crippen molar-refractivity contribution in [2.45, 2.75) is 19.8 Å². The van der Waals surface area contributed by atoms with E-state index >= 15 is 0 Å². The first-order chi connectivity index (χ1) is 8.19. The van der Waals surface area contributed by atoms with Crippen LogP contribution in [0.2, 0.25) is 0 Å². The number of piperidine rings is 1. The van der Waals surface area contributed by atoms with Crippen LogP contribution in [-0.4, -0.2) is 62.3 Å². The maximum atomic E-state index is 12.2. The zero-order chi connectivity index (χ0) is 12.7. The van der Waals surface area contributed by atoms with Crippen LogP contribution in [0.15, 0.2) is 0 Å². The van der Waals surface area contributed by atoms with Crippen molar-refractivity contribution in [3.63, 3.8) is 0 Å². The molecule has 0 atom stereocenters. The molecule has 0 aromatic rings. The summed E-state index contributed by atoms with van der Waals surface area (Å²) in [6, 6.07) is 0.111. The number of carbonyl (C=O) groups is 1. The van der Waals surface area contributed by atoms with Gasteiger partial charge in [0.05, 0.1) is 6.61 Å². The lowest BCUT2D eigenvalue weighted by molar-refractivity contribution is 0.115. The van der Waals surface area contributed by atoms with E-state index in [4.69, 9.17) is 10.5 Å². The Hall–Kier alpha value is -0.810. The van der Waals surface area contributed by atoms with Gasteiger partial charge in [-0.05, 0) is 18.8 Å². The van der Waals surface area contributed by atoms with Crippen LogP contribution in [0.1, 0.15) is 19.8 Å². The molecule has 1 saturated heterocycles. The standard InChI is InChI=1S/C12H25N3O2/c1-11-3-6-14(7-4-11)12(16)15(8-5-13)9-10-17-2/h11H,3-10,13H2,1-2H3. The molecule has 2 amide bonds. The minimum absolute atomic E-state index is 0.111. The van der Waals surface area contributed by atoms with E-state index in [9.17, 15) is 4.79 Å². The SMILES string of the molecule is COCCN(CCN)C(=O)N1CCC(C)CC1. The number of amides is 2. The van der Waals surface area contributed by atoms with Crippen LogP contribution < -0.4 is 5.73 Å². The lowest BCUT2D eigenvalue weighted by atomic mass is 10.00. The molecule has 5 heteroatoms. The predicted molar refractivity (Wildman–Crippen MR) is 67.9 cm³/mol. The highest BCUT2D eigenvalue weighted by atomic mass is 16.5. The quantitative estimate of drug-likeness (QED) is 0.775. The van der Waals surface area contributed by atoms with E-state index in [1.807, 2.05) is 4.90 Å². The lowest BCUT2D eigenvalue weighted by Gasteiger charge is -2.34. The summed E-state index contributed by atoms with van der Waals surface area (Å²) in [7, 11) is 1.65. The van der Waals surface area contributed by atoms with Crippen molar-refractivity contribution < 1.29 is 9.53 Å². The molecule has 0 unspecified atom stereocenters. The van der Waals surface area contributed by atoms with Crippen molar-refractivity contribution in [1.29, 1.82) is 0 Å². The van der Waals surface area contributed by atoms with E-state index < -0.39 is 0 Å². The maximum Gasteiger partial charge on any atom is 0.320 e. The maximum absolute atomic E-state index is 12.2. The van der Waals surface area contributed by atoms with E-state index in [0.29, 0.717) is 26.2 Å². The second-order valence-corrected chi connectivity index (χ2v) is 4.72. The minimum atomic E-state index is 0.111. The molecule has 0 aromatic carbocycles. The number of carbonyl (C=O) groups excluding carboxylic acids is 1. The molecule has 1 fully saturated rings. The summed E-state index contributed by atoms with van der Waals surface area (Å²) in [5.41, 5.74) is 5.54. The van der Waals surface area contributed by atoms with Gasteiger partial charge in [-0.2, -0.15) is 0 Å². The molecule has 5 nitrogen and oxygen atoms in total. The average Bonchev–Trinajstić information content (AvgIpc) is 2.34. The van der Waals surface area contributed by atoms with Gasteiger partial charge in [0.25, 0.3) is 0 Å². The first-order valence-electron chi connectivity index (χ1n) is 6.42. The number of rotatable bonds is 5. The molecule has 0 aromatic heterocycles. The Morgan fingerprint density at radius 1 is 1.41 bits per heavy atom. The van der Waals surface area contributed by atoms with Crippen LogP contribution in [0.4, 0.5) is 4.79 Å². The number of urea groups is 1. The number of nitrogens with zero attached hydrogens (tertiary/aromatic N) is 2. The van der Waals surface area contributed by atoms with Crippen LogP contribution in [-0.2, 0) is 4.74 Å². The summed E-state index contributed by atoms with van der Waals surface area (Å²) >= 11 is 0. The highest BCUT2D eigenvalue weighted by Crippen LogP contribution is 2.17. The Morgan fingerprint density at radius 2 is 2.06 bits per heavy atom. The topological polar surface area (TPSA) is 58.8 Å². The largest absolute Gasteiger partial charge is 0.383 e. The Labute approximate surface area is 104 Å². The van der Waals surface area contributed by atoms with Gasteiger partial charge < -0.3 is 20.3 Å².